The van der Waals surface area contributed by atoms with Crippen molar-refractivity contribution in [3.05, 3.63) is 0 Å². The van der Waals surface area contributed by atoms with Crippen molar-refractivity contribution in [2.45, 2.75) is 45.4 Å². The molecule has 17 heavy (non-hydrogen) atoms. The molecule has 4 saturated carbocycles. The highest BCUT2D eigenvalue weighted by Crippen LogP contribution is 2.62. The van der Waals surface area contributed by atoms with Crippen LogP contribution in [0.15, 0.2) is 5.16 Å². The van der Waals surface area contributed by atoms with Crippen LogP contribution in [0.25, 0.3) is 0 Å². The van der Waals surface area contributed by atoms with Crippen LogP contribution in [-0.4, -0.2) is 10.9 Å². The molecule has 0 saturated heterocycles. The van der Waals surface area contributed by atoms with Gasteiger partial charge in [0.2, 0.25) is 0 Å². The fourth-order valence-electron chi connectivity index (χ4n) is 5.09. The summed E-state index contributed by atoms with van der Waals surface area (Å²) in [7, 11) is 0. The Morgan fingerprint density at radius 2 is 1.76 bits per heavy atom. The third-order valence-corrected chi connectivity index (χ3v) is 5.54. The normalized spacial score (nSPS) is 48.1. The summed E-state index contributed by atoms with van der Waals surface area (Å²) >= 11 is 0. The van der Waals surface area contributed by atoms with E-state index in [0.717, 1.165) is 17.5 Å². The van der Waals surface area contributed by atoms with Gasteiger partial charge < -0.3 is 5.21 Å². The Morgan fingerprint density at radius 1 is 1.24 bits per heavy atom. The Bertz CT molecular complexity index is 366. The molecule has 0 atom stereocenters. The summed E-state index contributed by atoms with van der Waals surface area (Å²) in [5.74, 6) is 2.59. The van der Waals surface area contributed by atoms with Crippen LogP contribution >= 0.6 is 0 Å². The molecule has 0 amide bonds. The van der Waals surface area contributed by atoms with Crippen LogP contribution in [0.3, 0.4) is 0 Å². The first-order chi connectivity index (χ1) is 8.24. The lowest BCUT2D eigenvalue weighted by Gasteiger charge is -2.58. The molecular weight excluding hydrogens is 212 g/mol. The molecule has 0 unspecified atom stereocenters. The first kappa shape index (κ1) is 11.1. The molecule has 1 N–H and O–H groups in total. The number of nitriles is 1. The van der Waals surface area contributed by atoms with Gasteiger partial charge in [0.15, 0.2) is 0 Å². The van der Waals surface area contributed by atoms with Crippen LogP contribution in [0.5, 0.6) is 0 Å². The molecule has 3 nitrogen and oxygen atoms in total. The molecule has 3 heteroatoms. The van der Waals surface area contributed by atoms with E-state index in [1.807, 2.05) is 6.92 Å². The minimum atomic E-state index is -0.434. The van der Waals surface area contributed by atoms with Gasteiger partial charge in [0, 0.05) is 0 Å². The average Bonchev–Trinajstić information content (AvgIpc) is 2.33. The van der Waals surface area contributed by atoms with Crippen molar-refractivity contribution in [2.24, 2.45) is 34.2 Å². The second kappa shape index (κ2) is 3.73. The molecule has 0 spiro atoms. The van der Waals surface area contributed by atoms with E-state index in [0.29, 0.717) is 18.3 Å². The molecule has 92 valence electrons. The van der Waals surface area contributed by atoms with Crippen molar-refractivity contribution in [1.29, 1.82) is 5.26 Å². The van der Waals surface area contributed by atoms with Gasteiger partial charge in [-0.3, -0.25) is 0 Å². The van der Waals surface area contributed by atoms with Crippen LogP contribution in [0.4, 0.5) is 0 Å². The summed E-state index contributed by atoms with van der Waals surface area (Å²) in [6.07, 6.45) is 6.80. The predicted octanol–water partition coefficient (Wildman–Crippen LogP) is 3.19. The monoisotopic (exact) mass is 232 g/mol. The minimum Gasteiger partial charge on any atom is -0.411 e. The van der Waals surface area contributed by atoms with E-state index in [1.54, 1.807) is 0 Å². The highest BCUT2D eigenvalue weighted by molar-refractivity contribution is 5.93. The standard InChI is InChI=1S/C14H20N2O/c1-2-13(16-17)14(8-15)11-4-9-3-10(6-11)7-12(14)5-9/h9-12,17H,2-7H2,1H3/b16-13+. The van der Waals surface area contributed by atoms with Crippen molar-refractivity contribution >= 4 is 5.71 Å². The fraction of sp³-hybridized carbons (Fsp3) is 0.857. The quantitative estimate of drug-likeness (QED) is 0.451. The maximum absolute atomic E-state index is 9.74. The average molecular weight is 232 g/mol. The van der Waals surface area contributed by atoms with E-state index in [-0.39, 0.29) is 0 Å². The van der Waals surface area contributed by atoms with Crippen molar-refractivity contribution in [3.8, 4) is 6.07 Å². The van der Waals surface area contributed by atoms with Gasteiger partial charge >= 0.3 is 0 Å². The molecule has 4 bridgehead atoms. The molecule has 0 aromatic heterocycles. The zero-order valence-corrected chi connectivity index (χ0v) is 10.4. The Balaban J connectivity index is 2.03. The van der Waals surface area contributed by atoms with E-state index in [4.69, 9.17) is 0 Å². The number of rotatable bonds is 2. The highest BCUT2D eigenvalue weighted by atomic mass is 16.4. The Labute approximate surface area is 103 Å². The number of nitrogens with zero attached hydrogens (tertiary/aromatic N) is 2. The summed E-state index contributed by atoms with van der Waals surface area (Å²) in [6, 6.07) is 2.57. The number of oxime groups is 1. The molecule has 0 heterocycles. The second-order valence-corrected chi connectivity index (χ2v) is 6.19. The van der Waals surface area contributed by atoms with Gasteiger partial charge in [-0.05, 0) is 62.2 Å². The molecular formula is C14H20N2O. The van der Waals surface area contributed by atoms with E-state index in [9.17, 15) is 10.5 Å². The molecule has 0 aromatic rings. The largest absolute Gasteiger partial charge is 0.411 e. The molecule has 4 fully saturated rings. The van der Waals surface area contributed by atoms with Crippen molar-refractivity contribution in [3.63, 3.8) is 0 Å². The topological polar surface area (TPSA) is 56.4 Å². The van der Waals surface area contributed by atoms with E-state index in [1.165, 1.54) is 32.1 Å². The van der Waals surface area contributed by atoms with Gasteiger partial charge in [0.25, 0.3) is 0 Å². The SMILES string of the molecule is CC/C(=N\O)C1(C#N)C2CC3CC(C2)CC1C3. The Hall–Kier alpha value is -1.04. The second-order valence-electron chi connectivity index (χ2n) is 6.19. The van der Waals surface area contributed by atoms with Gasteiger partial charge in [-0.1, -0.05) is 12.1 Å². The third-order valence-electron chi connectivity index (χ3n) is 5.54. The third kappa shape index (κ3) is 1.30. The molecule has 4 aliphatic rings. The van der Waals surface area contributed by atoms with Crippen LogP contribution in [0.2, 0.25) is 0 Å². The van der Waals surface area contributed by atoms with Gasteiger partial charge in [0.1, 0.15) is 5.41 Å². The predicted molar refractivity (Wildman–Crippen MR) is 64.6 cm³/mol. The van der Waals surface area contributed by atoms with Gasteiger partial charge in [-0.15, -0.1) is 0 Å². The number of hydrogen-bond acceptors (Lipinski definition) is 3. The summed E-state index contributed by atoms with van der Waals surface area (Å²) in [6.45, 7) is 2.00. The minimum absolute atomic E-state index is 0.434. The maximum atomic E-state index is 9.74. The van der Waals surface area contributed by atoms with Gasteiger partial charge in [-0.25, -0.2) is 0 Å². The fourth-order valence-corrected chi connectivity index (χ4v) is 5.09. The zero-order valence-electron chi connectivity index (χ0n) is 10.4. The Morgan fingerprint density at radius 3 is 2.12 bits per heavy atom. The maximum Gasteiger partial charge on any atom is 0.104 e. The molecule has 0 aromatic carbocycles. The van der Waals surface area contributed by atoms with Crippen LogP contribution < -0.4 is 0 Å². The van der Waals surface area contributed by atoms with Gasteiger partial charge in [0.05, 0.1) is 11.8 Å². The lowest BCUT2D eigenvalue weighted by atomic mass is 9.44. The van der Waals surface area contributed by atoms with E-state index < -0.39 is 5.41 Å². The lowest BCUT2D eigenvalue weighted by molar-refractivity contribution is -0.0431. The molecule has 4 aliphatic carbocycles. The molecule has 0 radical (unpaired) electrons. The summed E-state index contributed by atoms with van der Waals surface area (Å²) in [4.78, 5) is 0. The van der Waals surface area contributed by atoms with E-state index >= 15 is 0 Å². The molecule has 0 aliphatic heterocycles. The Kier molecular flexibility index (Phi) is 2.43. The zero-order chi connectivity index (χ0) is 12.0. The van der Waals surface area contributed by atoms with Gasteiger partial charge in [-0.2, -0.15) is 5.26 Å². The summed E-state index contributed by atoms with van der Waals surface area (Å²) in [5, 5.41) is 22.5. The number of hydrogen-bond donors (Lipinski definition) is 1. The van der Waals surface area contributed by atoms with Crippen LogP contribution in [0.1, 0.15) is 45.4 Å². The van der Waals surface area contributed by atoms with Crippen molar-refractivity contribution in [1.82, 2.24) is 0 Å². The van der Waals surface area contributed by atoms with Crippen LogP contribution in [0, 0.1) is 40.4 Å². The van der Waals surface area contributed by atoms with Crippen molar-refractivity contribution in [2.75, 3.05) is 0 Å². The first-order valence-corrected chi connectivity index (χ1v) is 6.87. The van der Waals surface area contributed by atoms with Crippen molar-refractivity contribution < 1.29 is 5.21 Å². The summed E-state index contributed by atoms with van der Waals surface area (Å²) in [5.41, 5.74) is 0.311. The smallest absolute Gasteiger partial charge is 0.104 e. The van der Waals surface area contributed by atoms with Crippen LogP contribution in [-0.2, 0) is 0 Å². The highest BCUT2D eigenvalue weighted by Gasteiger charge is 2.59. The molecule has 4 rings (SSSR count). The lowest BCUT2D eigenvalue weighted by Crippen LogP contribution is -2.55. The first-order valence-electron chi connectivity index (χ1n) is 6.87. The van der Waals surface area contributed by atoms with E-state index in [2.05, 4.69) is 11.2 Å². The summed E-state index contributed by atoms with van der Waals surface area (Å²) < 4.78 is 0.